The van der Waals surface area contributed by atoms with Gasteiger partial charge in [-0.3, -0.25) is 9.88 Å². The van der Waals surface area contributed by atoms with Crippen molar-refractivity contribution in [2.24, 2.45) is 0 Å². The molecule has 2 atom stereocenters. The van der Waals surface area contributed by atoms with Gasteiger partial charge in [-0.05, 0) is 56.3 Å². The average molecular weight is 563 g/mol. The Balaban J connectivity index is 1.57. The zero-order chi connectivity index (χ0) is 28.7. The predicted octanol–water partition coefficient (Wildman–Crippen LogP) is 6.48. The van der Waals surface area contributed by atoms with E-state index >= 15 is 0 Å². The summed E-state index contributed by atoms with van der Waals surface area (Å²) in [5, 5.41) is 3.47. The molecule has 0 spiro atoms. The fraction of sp³-hybridized carbons (Fsp3) is 0.333. The summed E-state index contributed by atoms with van der Waals surface area (Å²) in [6.07, 6.45) is -7.21. The standard InChI is InChI=1S/C27H24F6N6O/c1-15-12-39(13-16(2)40-15)14-18-10-22(37-23-8-5-17(11-35-23)26(28,29)30)19-6-7-21(38-25(19)36-18)24-20(27(31,32)33)4-3-9-34-24/h3-11,15-16H,12-14H2,1-2H3,(H,35,36,37,38)/t15-,16+. The van der Waals surface area contributed by atoms with Crippen LogP contribution in [0.3, 0.4) is 0 Å². The number of fused-ring (bicyclic) bond motifs is 1. The zero-order valence-electron chi connectivity index (χ0n) is 21.4. The van der Waals surface area contributed by atoms with Crippen LogP contribution in [0.1, 0.15) is 30.7 Å². The van der Waals surface area contributed by atoms with Crippen LogP contribution in [-0.2, 0) is 23.6 Å². The van der Waals surface area contributed by atoms with E-state index < -0.39 is 23.5 Å². The minimum atomic E-state index is -4.64. The number of morpholine rings is 1. The minimum Gasteiger partial charge on any atom is -0.373 e. The molecule has 40 heavy (non-hydrogen) atoms. The fourth-order valence-corrected chi connectivity index (χ4v) is 4.73. The smallest absolute Gasteiger partial charge is 0.373 e. The van der Waals surface area contributed by atoms with Gasteiger partial charge in [-0.15, -0.1) is 0 Å². The fourth-order valence-electron chi connectivity index (χ4n) is 4.73. The minimum absolute atomic E-state index is 0.00665. The van der Waals surface area contributed by atoms with Crippen LogP contribution in [0.25, 0.3) is 22.4 Å². The second-order valence-electron chi connectivity index (χ2n) is 9.63. The summed E-state index contributed by atoms with van der Waals surface area (Å²) < 4.78 is 85.8. The van der Waals surface area contributed by atoms with Gasteiger partial charge in [-0.1, -0.05) is 0 Å². The Bertz CT molecular complexity index is 1500. The molecule has 0 saturated carbocycles. The van der Waals surface area contributed by atoms with Gasteiger partial charge in [0, 0.05) is 37.4 Å². The number of hydrogen-bond acceptors (Lipinski definition) is 7. The quantitative estimate of drug-likeness (QED) is 0.279. The maximum atomic E-state index is 13.7. The molecule has 7 nitrogen and oxygen atoms in total. The molecule has 1 aliphatic heterocycles. The Hall–Kier alpha value is -3.84. The van der Waals surface area contributed by atoms with Crippen molar-refractivity contribution >= 4 is 22.5 Å². The molecule has 0 bridgehead atoms. The van der Waals surface area contributed by atoms with Gasteiger partial charge in [-0.25, -0.2) is 15.0 Å². The molecular weight excluding hydrogens is 538 g/mol. The largest absolute Gasteiger partial charge is 0.418 e. The number of rotatable bonds is 5. The molecule has 5 heterocycles. The summed E-state index contributed by atoms with van der Waals surface area (Å²) >= 11 is 0. The molecule has 210 valence electrons. The lowest BCUT2D eigenvalue weighted by atomic mass is 10.1. The summed E-state index contributed by atoms with van der Waals surface area (Å²) in [6.45, 7) is 5.59. The average Bonchev–Trinajstić information content (AvgIpc) is 2.87. The third-order valence-corrected chi connectivity index (χ3v) is 6.32. The molecule has 0 aromatic carbocycles. The first-order valence-corrected chi connectivity index (χ1v) is 12.4. The predicted molar refractivity (Wildman–Crippen MR) is 136 cm³/mol. The van der Waals surface area contributed by atoms with Crippen LogP contribution >= 0.6 is 0 Å². The van der Waals surface area contributed by atoms with E-state index in [1.54, 1.807) is 12.1 Å². The Morgan fingerprint density at radius 3 is 2.33 bits per heavy atom. The second kappa shape index (κ2) is 10.6. The van der Waals surface area contributed by atoms with Gasteiger partial charge in [0.05, 0.1) is 40.4 Å². The van der Waals surface area contributed by atoms with Crippen LogP contribution in [0.5, 0.6) is 0 Å². The van der Waals surface area contributed by atoms with Gasteiger partial charge in [-0.2, -0.15) is 26.3 Å². The molecule has 4 aromatic rings. The number of hydrogen-bond donors (Lipinski definition) is 1. The lowest BCUT2D eigenvalue weighted by Crippen LogP contribution is -2.44. The molecule has 0 aliphatic carbocycles. The van der Waals surface area contributed by atoms with E-state index in [0.29, 0.717) is 36.4 Å². The van der Waals surface area contributed by atoms with Crippen LogP contribution in [0, 0.1) is 0 Å². The summed E-state index contributed by atoms with van der Waals surface area (Å²) in [5.74, 6) is 0.147. The van der Waals surface area contributed by atoms with Gasteiger partial charge in [0.2, 0.25) is 0 Å². The number of anilines is 2. The van der Waals surface area contributed by atoms with E-state index in [1.165, 1.54) is 24.4 Å². The van der Waals surface area contributed by atoms with Gasteiger partial charge in [0.25, 0.3) is 0 Å². The summed E-state index contributed by atoms with van der Waals surface area (Å²) in [4.78, 5) is 19.0. The maximum Gasteiger partial charge on any atom is 0.418 e. The van der Waals surface area contributed by atoms with E-state index in [-0.39, 0.29) is 35.1 Å². The first kappa shape index (κ1) is 27.7. The van der Waals surface area contributed by atoms with Crippen molar-refractivity contribution in [3.8, 4) is 11.4 Å². The Morgan fingerprint density at radius 1 is 0.925 bits per heavy atom. The lowest BCUT2D eigenvalue weighted by Gasteiger charge is -2.35. The van der Waals surface area contributed by atoms with Crippen molar-refractivity contribution < 1.29 is 31.1 Å². The van der Waals surface area contributed by atoms with E-state index in [4.69, 9.17) is 4.74 Å². The normalized spacial score (nSPS) is 18.7. The topological polar surface area (TPSA) is 76.1 Å². The third kappa shape index (κ3) is 6.15. The van der Waals surface area contributed by atoms with Crippen LogP contribution in [0.15, 0.2) is 54.9 Å². The Kier molecular flexibility index (Phi) is 7.36. The number of aromatic nitrogens is 4. The second-order valence-corrected chi connectivity index (χ2v) is 9.63. The molecule has 0 amide bonds. The van der Waals surface area contributed by atoms with Crippen LogP contribution < -0.4 is 5.32 Å². The monoisotopic (exact) mass is 562 g/mol. The highest BCUT2D eigenvalue weighted by Crippen LogP contribution is 2.36. The molecule has 5 rings (SSSR count). The molecule has 13 heteroatoms. The Labute approximate surface area is 225 Å². The highest BCUT2D eigenvalue weighted by Gasteiger charge is 2.35. The number of halogens is 6. The summed E-state index contributed by atoms with van der Waals surface area (Å²) in [6, 6.07) is 8.93. The van der Waals surface area contributed by atoms with Crippen molar-refractivity contribution in [3.63, 3.8) is 0 Å². The first-order valence-electron chi connectivity index (χ1n) is 12.4. The zero-order valence-corrected chi connectivity index (χ0v) is 21.4. The highest BCUT2D eigenvalue weighted by molar-refractivity contribution is 5.92. The molecule has 0 radical (unpaired) electrons. The van der Waals surface area contributed by atoms with Gasteiger partial charge < -0.3 is 10.1 Å². The highest BCUT2D eigenvalue weighted by atomic mass is 19.4. The Morgan fingerprint density at radius 2 is 1.68 bits per heavy atom. The van der Waals surface area contributed by atoms with Crippen molar-refractivity contribution in [1.29, 1.82) is 0 Å². The molecule has 1 fully saturated rings. The van der Waals surface area contributed by atoms with Gasteiger partial charge in [0.1, 0.15) is 11.5 Å². The van der Waals surface area contributed by atoms with Crippen LogP contribution in [-0.4, -0.2) is 50.1 Å². The number of ether oxygens (including phenoxy) is 1. The van der Waals surface area contributed by atoms with Crippen molar-refractivity contribution in [3.05, 3.63) is 71.7 Å². The van der Waals surface area contributed by atoms with Gasteiger partial charge >= 0.3 is 12.4 Å². The molecule has 1 aliphatic rings. The van der Waals surface area contributed by atoms with E-state index in [2.05, 4.69) is 30.2 Å². The first-order chi connectivity index (χ1) is 18.9. The SMILES string of the molecule is C[C@@H]1CN(Cc2cc(Nc3ccc(C(F)(F)F)cn3)c3ccc(-c4ncccc4C(F)(F)F)nc3n2)C[C@H](C)O1. The third-order valence-electron chi connectivity index (χ3n) is 6.32. The van der Waals surface area contributed by atoms with Gasteiger partial charge in [0.15, 0.2) is 5.65 Å². The van der Waals surface area contributed by atoms with E-state index in [1.807, 2.05) is 13.8 Å². The van der Waals surface area contributed by atoms with E-state index in [9.17, 15) is 26.3 Å². The maximum absolute atomic E-state index is 13.7. The number of pyridine rings is 4. The van der Waals surface area contributed by atoms with Crippen LogP contribution in [0.4, 0.5) is 37.8 Å². The van der Waals surface area contributed by atoms with Crippen molar-refractivity contribution in [2.75, 3.05) is 18.4 Å². The molecule has 0 unspecified atom stereocenters. The molecule has 4 aromatic heterocycles. The van der Waals surface area contributed by atoms with E-state index in [0.717, 1.165) is 18.3 Å². The summed E-state index contributed by atoms with van der Waals surface area (Å²) in [7, 11) is 0. The molecular formula is C27H24F6N6O. The summed E-state index contributed by atoms with van der Waals surface area (Å²) in [5.41, 5.74) is -1.02. The van der Waals surface area contributed by atoms with Crippen LogP contribution in [0.2, 0.25) is 0 Å². The van der Waals surface area contributed by atoms with Crippen molar-refractivity contribution in [1.82, 2.24) is 24.8 Å². The molecule has 1 saturated heterocycles. The number of nitrogens with zero attached hydrogens (tertiary/aromatic N) is 5. The number of nitrogens with one attached hydrogen (secondary N) is 1. The lowest BCUT2D eigenvalue weighted by molar-refractivity contribution is -0.138. The van der Waals surface area contributed by atoms with Crippen molar-refractivity contribution in [2.45, 2.75) is 45.0 Å². The number of alkyl halides is 6. The molecule has 1 N–H and O–H groups in total.